The third-order valence-electron chi connectivity index (χ3n) is 2.92. The van der Waals surface area contributed by atoms with E-state index in [0.717, 1.165) is 22.3 Å². The number of hydrogen-bond donors (Lipinski definition) is 1. The highest BCUT2D eigenvalue weighted by Gasteiger charge is 2.08. The fraction of sp³-hybridized carbons (Fsp3) is 0.188. The highest BCUT2D eigenvalue weighted by Crippen LogP contribution is 2.26. The van der Waals surface area contributed by atoms with Crippen molar-refractivity contribution in [3.8, 4) is 0 Å². The fourth-order valence-electron chi connectivity index (χ4n) is 1.83. The van der Waals surface area contributed by atoms with Crippen LogP contribution >= 0.6 is 0 Å². The average molecular weight is 256 g/mol. The van der Waals surface area contributed by atoms with E-state index in [1.54, 1.807) is 6.08 Å². The SMILES string of the molecule is C=C/C(=C/c1ccc2cc(C(C)C)oc2c1)C(=O)O. The van der Waals surface area contributed by atoms with Gasteiger partial charge in [-0.25, -0.2) is 4.79 Å². The van der Waals surface area contributed by atoms with Crippen LogP contribution in [0.15, 0.2) is 46.9 Å². The number of aliphatic carboxylic acids is 1. The molecule has 0 aliphatic rings. The van der Waals surface area contributed by atoms with Crippen LogP contribution in [0.2, 0.25) is 0 Å². The Morgan fingerprint density at radius 1 is 1.37 bits per heavy atom. The molecule has 1 N–H and O–H groups in total. The Labute approximate surface area is 111 Å². The van der Waals surface area contributed by atoms with Gasteiger partial charge in [0.25, 0.3) is 0 Å². The zero-order chi connectivity index (χ0) is 14.0. The number of carboxylic acids is 1. The molecule has 0 aliphatic heterocycles. The minimum absolute atomic E-state index is 0.162. The molecule has 0 unspecified atom stereocenters. The topological polar surface area (TPSA) is 50.4 Å². The van der Waals surface area contributed by atoms with Crippen molar-refractivity contribution in [1.82, 2.24) is 0 Å². The van der Waals surface area contributed by atoms with Crippen LogP contribution in [-0.4, -0.2) is 11.1 Å². The lowest BCUT2D eigenvalue weighted by atomic mass is 10.1. The third kappa shape index (κ3) is 2.76. The van der Waals surface area contributed by atoms with Crippen molar-refractivity contribution in [2.75, 3.05) is 0 Å². The predicted molar refractivity (Wildman–Crippen MR) is 76.1 cm³/mol. The number of carboxylic acid groups (broad SMARTS) is 1. The first-order valence-corrected chi connectivity index (χ1v) is 6.12. The van der Waals surface area contributed by atoms with Crippen LogP contribution in [0.1, 0.15) is 31.1 Å². The molecule has 1 heterocycles. The van der Waals surface area contributed by atoms with E-state index in [0.29, 0.717) is 5.92 Å². The molecule has 3 heteroatoms. The van der Waals surface area contributed by atoms with Crippen molar-refractivity contribution in [3.63, 3.8) is 0 Å². The van der Waals surface area contributed by atoms with Crippen LogP contribution in [-0.2, 0) is 4.79 Å². The van der Waals surface area contributed by atoms with Crippen molar-refractivity contribution in [2.24, 2.45) is 0 Å². The number of furan rings is 1. The predicted octanol–water partition coefficient (Wildman–Crippen LogP) is 4.21. The minimum atomic E-state index is -0.989. The van der Waals surface area contributed by atoms with E-state index in [-0.39, 0.29) is 5.57 Å². The van der Waals surface area contributed by atoms with Crippen molar-refractivity contribution in [1.29, 1.82) is 0 Å². The van der Waals surface area contributed by atoms with Crippen molar-refractivity contribution >= 4 is 23.0 Å². The van der Waals surface area contributed by atoms with Crippen LogP contribution in [0.4, 0.5) is 0 Å². The number of carbonyl (C=O) groups is 1. The molecule has 1 aromatic carbocycles. The quantitative estimate of drug-likeness (QED) is 0.658. The summed E-state index contributed by atoms with van der Waals surface area (Å²) in [5.74, 6) is 0.268. The zero-order valence-corrected chi connectivity index (χ0v) is 11.0. The summed E-state index contributed by atoms with van der Waals surface area (Å²) in [5.41, 5.74) is 1.72. The molecule has 0 saturated heterocycles. The van der Waals surface area contributed by atoms with Crippen molar-refractivity contribution in [2.45, 2.75) is 19.8 Å². The van der Waals surface area contributed by atoms with Gasteiger partial charge >= 0.3 is 5.97 Å². The Kier molecular flexibility index (Phi) is 3.56. The van der Waals surface area contributed by atoms with E-state index in [9.17, 15) is 4.79 Å². The highest BCUT2D eigenvalue weighted by molar-refractivity contribution is 5.95. The van der Waals surface area contributed by atoms with Crippen LogP contribution in [0.5, 0.6) is 0 Å². The normalized spacial score (nSPS) is 12.1. The number of hydrogen-bond acceptors (Lipinski definition) is 2. The summed E-state index contributed by atoms with van der Waals surface area (Å²) in [5, 5.41) is 9.99. The van der Waals surface area contributed by atoms with Gasteiger partial charge in [0.05, 0.1) is 5.57 Å². The third-order valence-corrected chi connectivity index (χ3v) is 2.92. The molecule has 98 valence electrons. The molecule has 1 aromatic heterocycles. The number of fused-ring (bicyclic) bond motifs is 1. The molecule has 0 radical (unpaired) electrons. The molecule has 0 fully saturated rings. The van der Waals surface area contributed by atoms with Crippen LogP contribution in [0.25, 0.3) is 17.0 Å². The summed E-state index contributed by atoms with van der Waals surface area (Å²) in [6.07, 6.45) is 2.90. The first kappa shape index (κ1) is 13.1. The molecular formula is C16H16O3. The summed E-state index contributed by atoms with van der Waals surface area (Å²) in [7, 11) is 0. The molecule has 0 atom stereocenters. The average Bonchev–Trinajstić information content (AvgIpc) is 2.78. The summed E-state index contributed by atoms with van der Waals surface area (Å²) in [6, 6.07) is 7.65. The van der Waals surface area contributed by atoms with E-state index < -0.39 is 5.97 Å². The molecule has 2 rings (SSSR count). The molecule has 0 amide bonds. The van der Waals surface area contributed by atoms with Gasteiger partial charge in [0, 0.05) is 11.3 Å². The highest BCUT2D eigenvalue weighted by atomic mass is 16.4. The van der Waals surface area contributed by atoms with Gasteiger partial charge in [-0.15, -0.1) is 0 Å². The second-order valence-electron chi connectivity index (χ2n) is 4.71. The fourth-order valence-corrected chi connectivity index (χ4v) is 1.83. The Morgan fingerprint density at radius 2 is 2.11 bits per heavy atom. The molecule has 0 saturated carbocycles. The standard InChI is InChI=1S/C16H16O3/c1-4-12(16(17)18)7-11-5-6-13-9-14(10(2)3)19-15(13)8-11/h4-10H,1H2,2-3H3,(H,17,18)/b12-7-. The smallest absolute Gasteiger partial charge is 0.335 e. The van der Waals surface area contributed by atoms with E-state index >= 15 is 0 Å². The number of benzene rings is 1. The summed E-state index contributed by atoms with van der Waals surface area (Å²) in [4.78, 5) is 10.9. The molecule has 0 spiro atoms. The van der Waals surface area contributed by atoms with Gasteiger partial charge in [-0.3, -0.25) is 0 Å². The summed E-state index contributed by atoms with van der Waals surface area (Å²) in [6.45, 7) is 7.63. The Hall–Kier alpha value is -2.29. The van der Waals surface area contributed by atoms with Gasteiger partial charge < -0.3 is 9.52 Å². The lowest BCUT2D eigenvalue weighted by Crippen LogP contribution is -1.96. The Balaban J connectivity index is 2.46. The second kappa shape index (κ2) is 5.14. The van der Waals surface area contributed by atoms with E-state index in [4.69, 9.17) is 9.52 Å². The monoisotopic (exact) mass is 256 g/mol. The van der Waals surface area contributed by atoms with Gasteiger partial charge in [-0.2, -0.15) is 0 Å². The van der Waals surface area contributed by atoms with Gasteiger partial charge in [-0.1, -0.05) is 38.6 Å². The molecular weight excluding hydrogens is 240 g/mol. The van der Waals surface area contributed by atoms with Crippen LogP contribution in [0.3, 0.4) is 0 Å². The lowest BCUT2D eigenvalue weighted by molar-refractivity contribution is -0.132. The van der Waals surface area contributed by atoms with E-state index in [2.05, 4.69) is 20.4 Å². The largest absolute Gasteiger partial charge is 0.478 e. The van der Waals surface area contributed by atoms with Crippen molar-refractivity contribution in [3.05, 3.63) is 53.8 Å². The molecule has 19 heavy (non-hydrogen) atoms. The van der Waals surface area contributed by atoms with Crippen LogP contribution in [0, 0.1) is 0 Å². The maximum atomic E-state index is 10.9. The lowest BCUT2D eigenvalue weighted by Gasteiger charge is -1.97. The van der Waals surface area contributed by atoms with Gasteiger partial charge in [0.1, 0.15) is 11.3 Å². The maximum Gasteiger partial charge on any atom is 0.335 e. The number of rotatable bonds is 4. The molecule has 0 bridgehead atoms. The second-order valence-corrected chi connectivity index (χ2v) is 4.71. The van der Waals surface area contributed by atoms with Gasteiger partial charge in [0.2, 0.25) is 0 Å². The first-order chi connectivity index (χ1) is 9.01. The zero-order valence-electron chi connectivity index (χ0n) is 11.0. The van der Waals surface area contributed by atoms with E-state index in [1.165, 1.54) is 6.08 Å². The minimum Gasteiger partial charge on any atom is -0.478 e. The van der Waals surface area contributed by atoms with E-state index in [1.807, 2.05) is 24.3 Å². The van der Waals surface area contributed by atoms with Crippen LogP contribution < -0.4 is 0 Å². The Bertz CT molecular complexity index is 660. The molecule has 3 nitrogen and oxygen atoms in total. The summed E-state index contributed by atoms with van der Waals surface area (Å²) < 4.78 is 5.74. The van der Waals surface area contributed by atoms with Gasteiger partial charge in [0.15, 0.2) is 0 Å². The summed E-state index contributed by atoms with van der Waals surface area (Å²) >= 11 is 0. The first-order valence-electron chi connectivity index (χ1n) is 6.12. The molecule has 0 aliphatic carbocycles. The van der Waals surface area contributed by atoms with Gasteiger partial charge in [-0.05, 0) is 23.8 Å². The van der Waals surface area contributed by atoms with Crippen molar-refractivity contribution < 1.29 is 14.3 Å². The molecule has 2 aromatic rings. The Morgan fingerprint density at radius 3 is 2.68 bits per heavy atom. The maximum absolute atomic E-state index is 10.9.